The molecule has 1 aliphatic heterocycles. The Kier molecular flexibility index (Phi) is 4.72. The van der Waals surface area contributed by atoms with Gasteiger partial charge in [0.1, 0.15) is 16.3 Å². The van der Waals surface area contributed by atoms with Gasteiger partial charge in [0.15, 0.2) is 0 Å². The molecule has 2 aromatic heterocycles. The first-order chi connectivity index (χ1) is 13.5. The van der Waals surface area contributed by atoms with Gasteiger partial charge in [0.05, 0.1) is 18.3 Å². The molecule has 0 fully saturated rings. The van der Waals surface area contributed by atoms with Gasteiger partial charge in [-0.3, -0.25) is 14.2 Å². The van der Waals surface area contributed by atoms with Crippen molar-refractivity contribution >= 4 is 39.1 Å². The van der Waals surface area contributed by atoms with Crippen molar-refractivity contribution in [1.82, 2.24) is 9.55 Å². The number of para-hydroxylation sites is 1. The fourth-order valence-corrected chi connectivity index (χ4v) is 4.52. The maximum absolute atomic E-state index is 12.9. The standard InChI is InChI=1S/C20H19N3O4S/c1-3-27-20(26)17-12(2)16-18(28-17)21-11-22(19(16)25)10-15(24)23-9-8-13-6-4-5-7-14(13)23/h4-7,11H,3,8-10H2,1-2H3. The molecule has 0 atom stereocenters. The third-order valence-corrected chi connectivity index (χ3v) is 6.05. The summed E-state index contributed by atoms with van der Waals surface area (Å²) in [6, 6.07) is 7.78. The van der Waals surface area contributed by atoms with Crippen LogP contribution in [0, 0.1) is 6.92 Å². The van der Waals surface area contributed by atoms with Crippen LogP contribution >= 0.6 is 11.3 Å². The van der Waals surface area contributed by atoms with E-state index in [4.69, 9.17) is 4.74 Å². The van der Waals surface area contributed by atoms with Crippen molar-refractivity contribution in [1.29, 1.82) is 0 Å². The number of aryl methyl sites for hydroxylation is 1. The summed E-state index contributed by atoms with van der Waals surface area (Å²) in [6.45, 7) is 4.20. The molecule has 0 radical (unpaired) electrons. The molecule has 0 N–H and O–H groups in total. The molecular formula is C20H19N3O4S. The number of benzene rings is 1. The van der Waals surface area contributed by atoms with Crippen LogP contribution in [-0.2, 0) is 22.5 Å². The number of carbonyl (C=O) groups excluding carboxylic acids is 2. The number of rotatable bonds is 4. The molecule has 0 unspecified atom stereocenters. The summed E-state index contributed by atoms with van der Waals surface area (Å²) in [5.41, 5.74) is 2.25. The van der Waals surface area contributed by atoms with Gasteiger partial charge in [-0.15, -0.1) is 11.3 Å². The third kappa shape index (κ3) is 2.99. The molecule has 1 aliphatic rings. The molecule has 0 aliphatic carbocycles. The molecule has 3 heterocycles. The maximum atomic E-state index is 12.9. The van der Waals surface area contributed by atoms with E-state index in [1.165, 1.54) is 10.9 Å². The highest BCUT2D eigenvalue weighted by molar-refractivity contribution is 7.20. The highest BCUT2D eigenvalue weighted by Gasteiger charge is 2.25. The lowest BCUT2D eigenvalue weighted by Gasteiger charge is -2.17. The van der Waals surface area contributed by atoms with Gasteiger partial charge in [0.2, 0.25) is 5.91 Å². The van der Waals surface area contributed by atoms with E-state index in [2.05, 4.69) is 4.98 Å². The van der Waals surface area contributed by atoms with Gasteiger partial charge in [0.25, 0.3) is 5.56 Å². The van der Waals surface area contributed by atoms with Crippen molar-refractivity contribution < 1.29 is 14.3 Å². The molecule has 0 saturated carbocycles. The Hall–Kier alpha value is -3.00. The molecular weight excluding hydrogens is 378 g/mol. The fourth-order valence-electron chi connectivity index (χ4n) is 3.49. The monoisotopic (exact) mass is 397 g/mol. The summed E-state index contributed by atoms with van der Waals surface area (Å²) in [7, 11) is 0. The lowest BCUT2D eigenvalue weighted by atomic mass is 10.2. The number of ether oxygens (including phenoxy) is 1. The van der Waals surface area contributed by atoms with Crippen molar-refractivity contribution in [3.63, 3.8) is 0 Å². The number of carbonyl (C=O) groups is 2. The van der Waals surface area contributed by atoms with Crippen molar-refractivity contribution in [3.8, 4) is 0 Å². The van der Waals surface area contributed by atoms with Gasteiger partial charge >= 0.3 is 5.97 Å². The molecule has 7 nitrogen and oxygen atoms in total. The zero-order chi connectivity index (χ0) is 19.8. The van der Waals surface area contributed by atoms with Crippen LogP contribution in [0.15, 0.2) is 35.4 Å². The van der Waals surface area contributed by atoms with Crippen LogP contribution in [0.25, 0.3) is 10.2 Å². The second-order valence-corrected chi connectivity index (χ2v) is 7.56. The molecule has 144 valence electrons. The van der Waals surface area contributed by atoms with Crippen molar-refractivity contribution in [2.75, 3.05) is 18.1 Å². The fraction of sp³-hybridized carbons (Fsp3) is 0.300. The third-order valence-electron chi connectivity index (χ3n) is 4.87. The average Bonchev–Trinajstić information content (AvgIpc) is 3.26. The lowest BCUT2D eigenvalue weighted by molar-refractivity contribution is -0.119. The molecule has 0 saturated heterocycles. The minimum absolute atomic E-state index is 0.0971. The largest absolute Gasteiger partial charge is 0.462 e. The maximum Gasteiger partial charge on any atom is 0.348 e. The van der Waals surface area contributed by atoms with Crippen molar-refractivity contribution in [2.45, 2.75) is 26.8 Å². The molecule has 3 aromatic rings. The van der Waals surface area contributed by atoms with E-state index in [1.54, 1.807) is 18.7 Å². The van der Waals surface area contributed by atoms with Gasteiger partial charge in [-0.1, -0.05) is 18.2 Å². The van der Waals surface area contributed by atoms with Gasteiger partial charge in [-0.05, 0) is 37.5 Å². The normalized spacial score (nSPS) is 13.0. The molecule has 0 spiro atoms. The number of fused-ring (bicyclic) bond motifs is 2. The Morgan fingerprint density at radius 1 is 1.29 bits per heavy atom. The van der Waals surface area contributed by atoms with Crippen LogP contribution in [0.1, 0.15) is 27.7 Å². The Labute approximate surface area is 165 Å². The van der Waals surface area contributed by atoms with E-state index in [0.29, 0.717) is 27.2 Å². The Bertz CT molecular complexity index is 1150. The summed E-state index contributed by atoms with van der Waals surface area (Å²) in [5, 5.41) is 0.366. The molecule has 1 amide bonds. The second-order valence-electron chi connectivity index (χ2n) is 6.56. The van der Waals surface area contributed by atoms with Crippen LogP contribution in [0.4, 0.5) is 5.69 Å². The predicted molar refractivity (Wildman–Crippen MR) is 107 cm³/mol. The van der Waals surface area contributed by atoms with Crippen LogP contribution in [-0.4, -0.2) is 34.6 Å². The Balaban J connectivity index is 1.66. The quantitative estimate of drug-likeness (QED) is 0.632. The van der Waals surface area contributed by atoms with Crippen molar-refractivity contribution in [2.24, 2.45) is 0 Å². The highest BCUT2D eigenvalue weighted by Crippen LogP contribution is 2.29. The number of hydrogen-bond donors (Lipinski definition) is 0. The van der Waals surface area contributed by atoms with E-state index in [0.717, 1.165) is 29.0 Å². The minimum atomic E-state index is -0.460. The highest BCUT2D eigenvalue weighted by atomic mass is 32.1. The summed E-state index contributed by atoms with van der Waals surface area (Å²) < 4.78 is 6.35. The second kappa shape index (κ2) is 7.20. The summed E-state index contributed by atoms with van der Waals surface area (Å²) >= 11 is 1.14. The number of esters is 1. The molecule has 1 aromatic carbocycles. The smallest absolute Gasteiger partial charge is 0.348 e. The number of hydrogen-bond acceptors (Lipinski definition) is 6. The SMILES string of the molecule is CCOC(=O)c1sc2ncn(CC(=O)N3CCc4ccccc43)c(=O)c2c1C. The first-order valence-electron chi connectivity index (χ1n) is 9.05. The number of aromatic nitrogens is 2. The van der Waals surface area contributed by atoms with Crippen LogP contribution in [0.2, 0.25) is 0 Å². The van der Waals surface area contributed by atoms with Crippen LogP contribution in [0.3, 0.4) is 0 Å². The number of anilines is 1. The summed E-state index contributed by atoms with van der Waals surface area (Å²) in [5.74, 6) is -0.620. The summed E-state index contributed by atoms with van der Waals surface area (Å²) in [6.07, 6.45) is 2.18. The topological polar surface area (TPSA) is 81.5 Å². The molecule has 8 heteroatoms. The van der Waals surface area contributed by atoms with Gasteiger partial charge in [-0.25, -0.2) is 9.78 Å². The van der Waals surface area contributed by atoms with Gasteiger partial charge in [0, 0.05) is 12.2 Å². The lowest BCUT2D eigenvalue weighted by Crippen LogP contribution is -2.35. The first-order valence-corrected chi connectivity index (χ1v) is 9.86. The molecule has 28 heavy (non-hydrogen) atoms. The summed E-state index contributed by atoms with van der Waals surface area (Å²) in [4.78, 5) is 44.7. The van der Waals surface area contributed by atoms with Crippen molar-refractivity contribution in [3.05, 3.63) is 57.0 Å². The van der Waals surface area contributed by atoms with Gasteiger partial charge < -0.3 is 9.64 Å². The van der Waals surface area contributed by atoms with E-state index < -0.39 is 5.97 Å². The number of amides is 1. The molecule has 0 bridgehead atoms. The predicted octanol–water partition coefficient (Wildman–Crippen LogP) is 2.53. The molecule has 4 rings (SSSR count). The zero-order valence-electron chi connectivity index (χ0n) is 15.6. The average molecular weight is 397 g/mol. The first kappa shape index (κ1) is 18.4. The number of thiophene rings is 1. The van der Waals surface area contributed by atoms with Crippen LogP contribution < -0.4 is 10.5 Å². The Morgan fingerprint density at radius 3 is 2.86 bits per heavy atom. The Morgan fingerprint density at radius 2 is 2.07 bits per heavy atom. The van der Waals surface area contributed by atoms with E-state index >= 15 is 0 Å². The zero-order valence-corrected chi connectivity index (χ0v) is 16.4. The number of nitrogens with zero attached hydrogens (tertiary/aromatic N) is 3. The van der Waals surface area contributed by atoms with E-state index in [9.17, 15) is 14.4 Å². The minimum Gasteiger partial charge on any atom is -0.462 e. The van der Waals surface area contributed by atoms with E-state index in [1.807, 2.05) is 24.3 Å². The van der Waals surface area contributed by atoms with Gasteiger partial charge in [-0.2, -0.15) is 0 Å². The van der Waals surface area contributed by atoms with E-state index in [-0.39, 0.29) is 24.6 Å². The van der Waals surface area contributed by atoms with Crippen LogP contribution in [0.5, 0.6) is 0 Å².